The maximum absolute atomic E-state index is 5.54. The molecule has 0 bridgehead atoms. The zero-order valence-corrected chi connectivity index (χ0v) is 12.6. The van der Waals surface area contributed by atoms with Crippen molar-refractivity contribution in [3.8, 4) is 5.75 Å². The number of methoxy groups -OCH3 is 1. The number of benzene rings is 1. The topological polar surface area (TPSA) is 24.5 Å². The van der Waals surface area contributed by atoms with E-state index in [2.05, 4.69) is 22.3 Å². The third kappa shape index (κ3) is 2.99. The van der Waals surface area contributed by atoms with E-state index >= 15 is 0 Å². The maximum atomic E-state index is 5.54. The summed E-state index contributed by atoms with van der Waals surface area (Å²) < 4.78 is 5.54. The first-order chi connectivity index (χ1) is 9.88. The Hall–Kier alpha value is -1.06. The molecule has 1 heterocycles. The first kappa shape index (κ1) is 13.9. The van der Waals surface area contributed by atoms with Crippen LogP contribution in [0.3, 0.4) is 0 Å². The summed E-state index contributed by atoms with van der Waals surface area (Å²) >= 11 is 0. The average molecular weight is 274 g/mol. The van der Waals surface area contributed by atoms with Crippen LogP contribution in [0.25, 0.3) is 0 Å². The molecule has 0 aromatic heterocycles. The van der Waals surface area contributed by atoms with Gasteiger partial charge in [0, 0.05) is 32.7 Å². The third-order valence-electron chi connectivity index (χ3n) is 4.72. The van der Waals surface area contributed by atoms with Crippen LogP contribution >= 0.6 is 0 Å². The zero-order chi connectivity index (χ0) is 13.8. The number of ether oxygens (including phenoxy) is 1. The summed E-state index contributed by atoms with van der Waals surface area (Å²) in [6.45, 7) is 5.86. The Labute approximate surface area is 122 Å². The van der Waals surface area contributed by atoms with E-state index in [-0.39, 0.29) is 0 Å². The quantitative estimate of drug-likeness (QED) is 0.909. The lowest BCUT2D eigenvalue weighted by Crippen LogP contribution is -2.44. The highest BCUT2D eigenvalue weighted by molar-refractivity contribution is 5.46. The second-order valence-corrected chi connectivity index (χ2v) is 5.93. The van der Waals surface area contributed by atoms with Gasteiger partial charge >= 0.3 is 0 Å². The predicted molar refractivity (Wildman–Crippen MR) is 82.6 cm³/mol. The lowest BCUT2D eigenvalue weighted by atomic mass is 9.86. The van der Waals surface area contributed by atoms with E-state index in [1.807, 2.05) is 0 Å². The summed E-state index contributed by atoms with van der Waals surface area (Å²) in [5.74, 6) is 1.10. The summed E-state index contributed by atoms with van der Waals surface area (Å²) in [7, 11) is 1.80. The molecule has 3 heteroatoms. The Bertz CT molecular complexity index is 453. The first-order valence-corrected chi connectivity index (χ1v) is 7.99. The minimum atomic E-state index is 1.10. The van der Waals surface area contributed by atoms with Crippen LogP contribution in [0.2, 0.25) is 0 Å². The fraction of sp³-hybridized carbons (Fsp3) is 0.647. The van der Waals surface area contributed by atoms with Crippen LogP contribution in [-0.4, -0.2) is 44.7 Å². The minimum Gasteiger partial charge on any atom is -0.496 e. The highest BCUT2D eigenvalue weighted by Crippen LogP contribution is 2.32. The molecule has 0 atom stereocenters. The van der Waals surface area contributed by atoms with Crippen LogP contribution in [-0.2, 0) is 19.3 Å². The van der Waals surface area contributed by atoms with Crippen molar-refractivity contribution in [1.29, 1.82) is 0 Å². The molecule has 1 aliphatic heterocycles. The largest absolute Gasteiger partial charge is 0.496 e. The van der Waals surface area contributed by atoms with Crippen LogP contribution in [0.4, 0.5) is 0 Å². The highest BCUT2D eigenvalue weighted by atomic mass is 16.5. The van der Waals surface area contributed by atoms with E-state index in [1.165, 1.54) is 57.3 Å². The van der Waals surface area contributed by atoms with Crippen LogP contribution in [0, 0.1) is 0 Å². The van der Waals surface area contributed by atoms with Crippen molar-refractivity contribution >= 4 is 0 Å². The molecular formula is C17H26N2O. The number of piperazine rings is 1. The maximum Gasteiger partial charge on any atom is 0.122 e. The van der Waals surface area contributed by atoms with Crippen molar-refractivity contribution in [3.63, 3.8) is 0 Å². The molecule has 20 heavy (non-hydrogen) atoms. The van der Waals surface area contributed by atoms with Crippen molar-refractivity contribution in [2.75, 3.05) is 39.8 Å². The van der Waals surface area contributed by atoms with Gasteiger partial charge in [-0.25, -0.2) is 0 Å². The van der Waals surface area contributed by atoms with Crippen molar-refractivity contribution < 1.29 is 4.74 Å². The summed E-state index contributed by atoms with van der Waals surface area (Å²) in [6, 6.07) is 4.47. The summed E-state index contributed by atoms with van der Waals surface area (Å²) in [5.41, 5.74) is 4.63. The van der Waals surface area contributed by atoms with Gasteiger partial charge in [0.2, 0.25) is 0 Å². The van der Waals surface area contributed by atoms with Gasteiger partial charge in [-0.2, -0.15) is 0 Å². The third-order valence-corrected chi connectivity index (χ3v) is 4.72. The predicted octanol–water partition coefficient (Wildman–Crippen LogP) is 2.02. The van der Waals surface area contributed by atoms with E-state index in [0.717, 1.165) is 18.8 Å². The van der Waals surface area contributed by atoms with Gasteiger partial charge in [-0.15, -0.1) is 0 Å². The lowest BCUT2D eigenvalue weighted by Gasteiger charge is -2.28. The fourth-order valence-electron chi connectivity index (χ4n) is 3.55. The van der Waals surface area contributed by atoms with Crippen LogP contribution in [0.5, 0.6) is 5.75 Å². The summed E-state index contributed by atoms with van der Waals surface area (Å²) in [4.78, 5) is 2.58. The molecule has 0 saturated carbocycles. The summed E-state index contributed by atoms with van der Waals surface area (Å²) in [5, 5.41) is 3.42. The molecule has 1 aromatic carbocycles. The van der Waals surface area contributed by atoms with Gasteiger partial charge in [-0.3, -0.25) is 0 Å². The molecule has 1 fully saturated rings. The van der Waals surface area contributed by atoms with Gasteiger partial charge in [-0.05, 0) is 54.9 Å². The second-order valence-electron chi connectivity index (χ2n) is 5.93. The lowest BCUT2D eigenvalue weighted by molar-refractivity contribution is 0.243. The molecule has 1 N–H and O–H groups in total. The van der Waals surface area contributed by atoms with E-state index in [1.54, 1.807) is 18.2 Å². The van der Waals surface area contributed by atoms with Gasteiger partial charge in [0.25, 0.3) is 0 Å². The number of rotatable bonds is 4. The van der Waals surface area contributed by atoms with Gasteiger partial charge < -0.3 is 15.0 Å². The molecule has 0 radical (unpaired) electrons. The molecule has 0 unspecified atom stereocenters. The SMILES string of the molecule is COc1ccc(CCN2CCNCC2)c2c1CCCC2. The number of hydrogen-bond acceptors (Lipinski definition) is 3. The molecule has 3 rings (SSSR count). The Kier molecular flexibility index (Phi) is 4.58. The van der Waals surface area contributed by atoms with Crippen molar-refractivity contribution in [1.82, 2.24) is 10.2 Å². The monoisotopic (exact) mass is 274 g/mol. The average Bonchev–Trinajstić information content (AvgIpc) is 2.53. The molecule has 110 valence electrons. The van der Waals surface area contributed by atoms with Gasteiger partial charge in [-0.1, -0.05) is 6.07 Å². The Morgan fingerprint density at radius 2 is 1.85 bits per heavy atom. The van der Waals surface area contributed by atoms with Crippen molar-refractivity contribution in [2.24, 2.45) is 0 Å². The smallest absolute Gasteiger partial charge is 0.122 e. The first-order valence-electron chi connectivity index (χ1n) is 7.99. The Balaban J connectivity index is 1.72. The number of nitrogens with one attached hydrogen (secondary N) is 1. The normalized spacial score (nSPS) is 19.6. The molecule has 1 aliphatic carbocycles. The van der Waals surface area contributed by atoms with E-state index in [0.29, 0.717) is 0 Å². The van der Waals surface area contributed by atoms with Crippen LogP contribution < -0.4 is 10.1 Å². The second kappa shape index (κ2) is 6.59. The summed E-state index contributed by atoms with van der Waals surface area (Å²) in [6.07, 6.45) is 6.27. The Morgan fingerprint density at radius 3 is 2.60 bits per heavy atom. The van der Waals surface area contributed by atoms with E-state index in [9.17, 15) is 0 Å². The standard InChI is InChI=1S/C17H26N2O/c1-20-17-7-6-14(15-4-2-3-5-16(15)17)8-11-19-12-9-18-10-13-19/h6-7,18H,2-5,8-13H2,1H3. The molecule has 1 saturated heterocycles. The fourth-order valence-corrected chi connectivity index (χ4v) is 3.55. The highest BCUT2D eigenvalue weighted by Gasteiger charge is 2.18. The molecule has 1 aromatic rings. The van der Waals surface area contributed by atoms with Crippen LogP contribution in [0.15, 0.2) is 12.1 Å². The minimum absolute atomic E-state index is 1.10. The number of hydrogen-bond donors (Lipinski definition) is 1. The molecule has 0 amide bonds. The Morgan fingerprint density at radius 1 is 1.10 bits per heavy atom. The van der Waals surface area contributed by atoms with Crippen molar-refractivity contribution in [2.45, 2.75) is 32.1 Å². The van der Waals surface area contributed by atoms with Crippen LogP contribution in [0.1, 0.15) is 29.5 Å². The van der Waals surface area contributed by atoms with Gasteiger partial charge in [0.05, 0.1) is 7.11 Å². The molecule has 2 aliphatic rings. The van der Waals surface area contributed by atoms with Gasteiger partial charge in [0.1, 0.15) is 5.75 Å². The zero-order valence-electron chi connectivity index (χ0n) is 12.6. The number of nitrogens with zero attached hydrogens (tertiary/aromatic N) is 1. The van der Waals surface area contributed by atoms with Gasteiger partial charge in [0.15, 0.2) is 0 Å². The molecule has 3 nitrogen and oxygen atoms in total. The molecule has 0 spiro atoms. The van der Waals surface area contributed by atoms with E-state index < -0.39 is 0 Å². The van der Waals surface area contributed by atoms with E-state index in [4.69, 9.17) is 4.74 Å². The molecular weight excluding hydrogens is 248 g/mol. The van der Waals surface area contributed by atoms with Crippen molar-refractivity contribution in [3.05, 3.63) is 28.8 Å². The number of fused-ring (bicyclic) bond motifs is 1.